The average Bonchev–Trinajstić information content (AvgIpc) is 2.92. The summed E-state index contributed by atoms with van der Waals surface area (Å²) in [6.45, 7) is 2.98. The van der Waals surface area contributed by atoms with Crippen LogP contribution in [-0.4, -0.2) is 57.8 Å². The van der Waals surface area contributed by atoms with Crippen LogP contribution in [0.3, 0.4) is 0 Å². The lowest BCUT2D eigenvalue weighted by Crippen LogP contribution is -2.49. The number of amidine groups is 1. The highest BCUT2D eigenvalue weighted by molar-refractivity contribution is 5.88. The van der Waals surface area contributed by atoms with Crippen LogP contribution in [-0.2, 0) is 4.74 Å². The molecule has 132 valence electrons. The summed E-state index contributed by atoms with van der Waals surface area (Å²) in [7, 11) is 0. The van der Waals surface area contributed by atoms with Gasteiger partial charge in [0.15, 0.2) is 5.75 Å². The zero-order valence-electron chi connectivity index (χ0n) is 14.3. The van der Waals surface area contributed by atoms with Crippen molar-refractivity contribution < 1.29 is 9.47 Å². The first-order valence-corrected chi connectivity index (χ1v) is 9.50. The quantitative estimate of drug-likeness (QED) is 0.904. The molecule has 2 aliphatic carbocycles. The third kappa shape index (κ3) is 2.05. The number of ether oxygens (including phenoxy) is 2. The first-order chi connectivity index (χ1) is 12.3. The van der Waals surface area contributed by atoms with Crippen LogP contribution in [0.1, 0.15) is 38.5 Å². The highest BCUT2D eigenvalue weighted by Crippen LogP contribution is 2.67. The summed E-state index contributed by atoms with van der Waals surface area (Å²) in [4.78, 5) is 15.9. The van der Waals surface area contributed by atoms with E-state index in [1.165, 1.54) is 32.2 Å². The maximum atomic E-state index is 6.27. The van der Waals surface area contributed by atoms with Gasteiger partial charge in [0.25, 0.3) is 6.02 Å². The van der Waals surface area contributed by atoms with Crippen molar-refractivity contribution in [3.05, 3.63) is 12.4 Å². The summed E-state index contributed by atoms with van der Waals surface area (Å²) >= 11 is 0. The summed E-state index contributed by atoms with van der Waals surface area (Å²) in [5.41, 5.74) is 0.366. The SMILES string of the molecule is c1nc(NC2=NC[C@@]3(CN4CCC45CC53)O2)ncc1OC1CCCC1. The molecule has 6 rings (SSSR count). The highest BCUT2D eigenvalue weighted by Gasteiger charge is 2.77. The minimum Gasteiger partial charge on any atom is -0.487 e. The molecule has 2 unspecified atom stereocenters. The van der Waals surface area contributed by atoms with E-state index in [2.05, 4.69) is 25.2 Å². The van der Waals surface area contributed by atoms with Gasteiger partial charge in [-0.3, -0.25) is 10.2 Å². The van der Waals surface area contributed by atoms with E-state index in [9.17, 15) is 0 Å². The van der Waals surface area contributed by atoms with Crippen LogP contribution in [0.4, 0.5) is 5.95 Å². The molecule has 0 radical (unpaired) electrons. The van der Waals surface area contributed by atoms with E-state index in [0.717, 1.165) is 31.7 Å². The van der Waals surface area contributed by atoms with Crippen LogP contribution < -0.4 is 10.1 Å². The number of anilines is 1. The molecule has 1 N–H and O–H groups in total. The zero-order valence-corrected chi connectivity index (χ0v) is 14.3. The van der Waals surface area contributed by atoms with Crippen LogP contribution in [0.15, 0.2) is 17.4 Å². The second kappa shape index (κ2) is 4.84. The number of nitrogens with one attached hydrogen (secondary N) is 1. The van der Waals surface area contributed by atoms with Gasteiger partial charge in [-0.2, -0.15) is 0 Å². The Bertz CT molecular complexity index is 731. The van der Waals surface area contributed by atoms with Gasteiger partial charge in [0.2, 0.25) is 5.95 Å². The van der Waals surface area contributed by atoms with Gasteiger partial charge >= 0.3 is 0 Å². The van der Waals surface area contributed by atoms with E-state index in [0.29, 0.717) is 29.5 Å². The fourth-order valence-electron chi connectivity index (χ4n) is 5.35. The molecule has 5 aliphatic rings. The summed E-state index contributed by atoms with van der Waals surface area (Å²) in [6, 6.07) is 0.564. The van der Waals surface area contributed by atoms with Crippen LogP contribution in [0, 0.1) is 5.92 Å². The number of hydrogen-bond donors (Lipinski definition) is 1. The maximum absolute atomic E-state index is 6.27. The van der Waals surface area contributed by atoms with Gasteiger partial charge in [0.05, 0.1) is 25.0 Å². The fourth-order valence-corrected chi connectivity index (χ4v) is 5.35. The van der Waals surface area contributed by atoms with Gasteiger partial charge in [0.1, 0.15) is 5.60 Å². The van der Waals surface area contributed by atoms with Crippen molar-refractivity contribution in [3.8, 4) is 5.75 Å². The third-order valence-corrected chi connectivity index (χ3v) is 6.83. The first kappa shape index (κ1) is 14.3. The van der Waals surface area contributed by atoms with Crippen LogP contribution in [0.25, 0.3) is 0 Å². The van der Waals surface area contributed by atoms with Crippen molar-refractivity contribution in [2.24, 2.45) is 10.9 Å². The second-order valence-electron chi connectivity index (χ2n) is 8.21. The van der Waals surface area contributed by atoms with E-state index in [1.807, 2.05) is 0 Å². The minimum atomic E-state index is -0.107. The minimum absolute atomic E-state index is 0.107. The lowest BCUT2D eigenvalue weighted by atomic mass is 9.98. The Balaban J connectivity index is 1.09. The highest BCUT2D eigenvalue weighted by atomic mass is 16.5. The molecule has 7 heteroatoms. The monoisotopic (exact) mass is 341 g/mol. The molecule has 3 aliphatic heterocycles. The molecule has 25 heavy (non-hydrogen) atoms. The molecule has 1 aromatic rings. The fraction of sp³-hybridized carbons (Fsp3) is 0.722. The van der Waals surface area contributed by atoms with E-state index >= 15 is 0 Å². The molecule has 2 saturated carbocycles. The van der Waals surface area contributed by atoms with Crippen LogP contribution >= 0.6 is 0 Å². The topological polar surface area (TPSA) is 71.9 Å². The Morgan fingerprint density at radius 3 is 2.72 bits per heavy atom. The number of fused-ring (bicyclic) bond motifs is 1. The van der Waals surface area contributed by atoms with E-state index < -0.39 is 0 Å². The number of piperidine rings is 1. The summed E-state index contributed by atoms with van der Waals surface area (Å²) in [5, 5.41) is 3.13. The first-order valence-electron chi connectivity index (χ1n) is 9.50. The molecule has 2 spiro atoms. The van der Waals surface area contributed by atoms with Crippen molar-refractivity contribution in [2.45, 2.75) is 55.8 Å². The Hall–Kier alpha value is -1.89. The molecular weight excluding hydrogens is 318 g/mol. The molecule has 0 amide bonds. The van der Waals surface area contributed by atoms with Crippen molar-refractivity contribution in [1.29, 1.82) is 0 Å². The average molecular weight is 341 g/mol. The molecule has 4 heterocycles. The molecular formula is C18H23N5O2. The van der Waals surface area contributed by atoms with Gasteiger partial charge < -0.3 is 9.47 Å². The predicted octanol–water partition coefficient (Wildman–Crippen LogP) is 1.81. The normalized spacial score (nSPS) is 38.7. The summed E-state index contributed by atoms with van der Waals surface area (Å²) < 4.78 is 12.2. The van der Waals surface area contributed by atoms with Gasteiger partial charge in [-0.05, 0) is 38.5 Å². The van der Waals surface area contributed by atoms with E-state index in [1.54, 1.807) is 12.4 Å². The summed E-state index contributed by atoms with van der Waals surface area (Å²) in [6.07, 6.45) is 11.2. The van der Waals surface area contributed by atoms with Crippen molar-refractivity contribution in [1.82, 2.24) is 14.9 Å². The van der Waals surface area contributed by atoms with Crippen molar-refractivity contribution in [3.63, 3.8) is 0 Å². The van der Waals surface area contributed by atoms with Crippen LogP contribution in [0.5, 0.6) is 5.75 Å². The lowest BCUT2D eigenvalue weighted by Gasteiger charge is -2.39. The Labute approximate surface area is 146 Å². The van der Waals surface area contributed by atoms with Gasteiger partial charge in [-0.1, -0.05) is 0 Å². The van der Waals surface area contributed by atoms with Gasteiger partial charge in [0, 0.05) is 24.5 Å². The molecule has 0 bridgehead atoms. The second-order valence-corrected chi connectivity index (χ2v) is 8.21. The number of hydrogen-bond acceptors (Lipinski definition) is 7. The zero-order chi connectivity index (χ0) is 16.5. The van der Waals surface area contributed by atoms with E-state index in [4.69, 9.17) is 9.47 Å². The van der Waals surface area contributed by atoms with Crippen molar-refractivity contribution in [2.75, 3.05) is 25.0 Å². The summed E-state index contributed by atoms with van der Waals surface area (Å²) in [5.74, 6) is 1.91. The predicted molar refractivity (Wildman–Crippen MR) is 91.7 cm³/mol. The Kier molecular flexibility index (Phi) is 2.77. The van der Waals surface area contributed by atoms with Crippen molar-refractivity contribution >= 4 is 12.0 Å². The maximum Gasteiger partial charge on any atom is 0.292 e. The Morgan fingerprint density at radius 2 is 2.08 bits per heavy atom. The molecule has 4 fully saturated rings. The van der Waals surface area contributed by atoms with Gasteiger partial charge in [-0.25, -0.2) is 15.0 Å². The van der Waals surface area contributed by atoms with Gasteiger partial charge in [-0.15, -0.1) is 0 Å². The molecule has 0 aromatic carbocycles. The molecule has 2 saturated heterocycles. The Morgan fingerprint density at radius 1 is 1.24 bits per heavy atom. The molecule has 1 aromatic heterocycles. The number of aromatic nitrogens is 2. The smallest absolute Gasteiger partial charge is 0.292 e. The standard InChI is InChI=1S/C18H23N5O2/c1-2-4-12(3-1)24-13-8-19-15(20-9-13)22-16-21-10-18(25-16)11-23-6-5-17(23)7-14(17)18/h8-9,12,14H,1-7,10-11H2,(H,19,20,21,22)/t14?,17?,18-/m0/s1. The van der Waals surface area contributed by atoms with E-state index in [-0.39, 0.29) is 5.60 Å². The number of nitrogens with zero attached hydrogens (tertiary/aromatic N) is 4. The van der Waals surface area contributed by atoms with Crippen LogP contribution in [0.2, 0.25) is 0 Å². The lowest BCUT2D eigenvalue weighted by molar-refractivity contribution is 0.0433. The molecule has 3 atom stereocenters. The largest absolute Gasteiger partial charge is 0.487 e. The third-order valence-electron chi connectivity index (χ3n) is 6.83. The number of aliphatic imine (C=N–C) groups is 1. The molecule has 7 nitrogen and oxygen atoms in total. The number of rotatable bonds is 3.